The van der Waals surface area contributed by atoms with Crippen molar-refractivity contribution in [1.29, 1.82) is 0 Å². The van der Waals surface area contributed by atoms with Gasteiger partial charge in [0, 0.05) is 31.5 Å². The van der Waals surface area contributed by atoms with E-state index >= 15 is 0 Å². The van der Waals surface area contributed by atoms with Crippen molar-refractivity contribution in [3.8, 4) is 11.8 Å². The van der Waals surface area contributed by atoms with Crippen molar-refractivity contribution < 1.29 is 29.3 Å². The molecule has 2 aliphatic rings. The first-order valence-electron chi connectivity index (χ1n) is 12.8. The maximum atomic E-state index is 12.4. The lowest BCUT2D eigenvalue weighted by Crippen LogP contribution is -2.72. The Morgan fingerprint density at radius 2 is 1.53 bits per heavy atom. The molecule has 0 unspecified atom stereocenters. The largest absolute Gasteiger partial charge is 0.477 e. The zero-order chi connectivity index (χ0) is 26.7. The Morgan fingerprint density at radius 1 is 0.944 bits per heavy atom. The van der Waals surface area contributed by atoms with E-state index in [1.165, 1.54) is 11.2 Å². The van der Waals surface area contributed by atoms with Crippen molar-refractivity contribution in [3.05, 3.63) is 12.4 Å². The molecule has 0 spiro atoms. The summed E-state index contributed by atoms with van der Waals surface area (Å²) in [5, 5.41) is 19.4. The van der Waals surface area contributed by atoms with E-state index in [4.69, 9.17) is 9.47 Å². The van der Waals surface area contributed by atoms with Crippen molar-refractivity contribution in [2.24, 2.45) is 22.7 Å². The van der Waals surface area contributed by atoms with Crippen LogP contribution in [0.5, 0.6) is 11.8 Å². The molecular formula is C26H42N4O6. The van der Waals surface area contributed by atoms with Crippen LogP contribution in [-0.2, 0) is 0 Å². The number of nitrogens with zero attached hydrogens (tertiary/aromatic N) is 4. The molecule has 10 nitrogen and oxygen atoms in total. The molecule has 0 bridgehead atoms. The van der Waals surface area contributed by atoms with E-state index in [0.717, 1.165) is 25.7 Å². The molecule has 1 aromatic rings. The van der Waals surface area contributed by atoms with Gasteiger partial charge in [-0.25, -0.2) is 19.6 Å². The third kappa shape index (κ3) is 5.62. The van der Waals surface area contributed by atoms with Crippen LogP contribution in [0, 0.1) is 22.7 Å². The minimum atomic E-state index is -0.900. The number of carboxylic acid groups (broad SMARTS) is 2. The highest BCUT2D eigenvalue weighted by Gasteiger charge is 2.61. The van der Waals surface area contributed by atoms with Crippen LogP contribution < -0.4 is 9.47 Å². The van der Waals surface area contributed by atoms with Crippen LogP contribution in [-0.4, -0.2) is 80.6 Å². The van der Waals surface area contributed by atoms with Gasteiger partial charge in [-0.3, -0.25) is 0 Å². The lowest BCUT2D eigenvalue weighted by molar-refractivity contribution is -0.141. The van der Waals surface area contributed by atoms with E-state index in [-0.39, 0.29) is 22.7 Å². The second-order valence-corrected chi connectivity index (χ2v) is 12.1. The molecule has 0 aliphatic carbocycles. The molecule has 0 saturated carbocycles. The van der Waals surface area contributed by atoms with Gasteiger partial charge in [0.1, 0.15) is 6.33 Å². The van der Waals surface area contributed by atoms with Crippen molar-refractivity contribution in [2.75, 3.05) is 32.8 Å². The molecule has 2 atom stereocenters. The Bertz CT molecular complexity index is 912. The number of ether oxygens (including phenoxy) is 2. The van der Waals surface area contributed by atoms with E-state index in [9.17, 15) is 19.8 Å². The zero-order valence-corrected chi connectivity index (χ0v) is 22.5. The monoisotopic (exact) mass is 506 g/mol. The Morgan fingerprint density at radius 3 is 2.08 bits per heavy atom. The number of likely N-dealkylation sites (tertiary alicyclic amines) is 2. The lowest BCUT2D eigenvalue weighted by Gasteiger charge is -2.64. The fourth-order valence-corrected chi connectivity index (χ4v) is 6.96. The number of carbonyl (C=O) groups is 2. The number of aromatic nitrogens is 2. The van der Waals surface area contributed by atoms with Crippen LogP contribution in [0.15, 0.2) is 12.4 Å². The molecule has 1 aromatic heterocycles. The minimum Gasteiger partial charge on any atom is -0.477 e. The van der Waals surface area contributed by atoms with E-state index in [1.807, 2.05) is 0 Å². The Labute approximate surface area is 214 Å². The van der Waals surface area contributed by atoms with Gasteiger partial charge in [0.05, 0.1) is 24.8 Å². The summed E-state index contributed by atoms with van der Waals surface area (Å²) >= 11 is 0. The molecule has 3 rings (SSSR count). The number of hydrogen-bond donors (Lipinski definition) is 2. The van der Waals surface area contributed by atoms with Crippen molar-refractivity contribution in [1.82, 2.24) is 19.8 Å². The molecule has 2 N–H and O–H groups in total. The highest BCUT2D eigenvalue weighted by molar-refractivity contribution is 5.67. The average Bonchev–Trinajstić information content (AvgIpc) is 2.80. The maximum absolute atomic E-state index is 12.4. The summed E-state index contributed by atoms with van der Waals surface area (Å²) in [7, 11) is 0. The van der Waals surface area contributed by atoms with Crippen molar-refractivity contribution in [2.45, 2.75) is 72.8 Å². The predicted molar refractivity (Wildman–Crippen MR) is 134 cm³/mol. The maximum Gasteiger partial charge on any atom is 0.407 e. The smallest absolute Gasteiger partial charge is 0.407 e. The standard InChI is InChI=1S/C26H42N4O6/c1-24(2,3)26(25(4,5)6)19(10-8-12-30(26)23(33)34)16-36-21-13-20(27-17-28-21)35-15-18-9-7-11-29(14-18)22(31)32/h13,17-19H,7-12,14-16H2,1-6H3,(H,31,32)(H,33,34)/t18-,19-/m0/s1. The molecule has 0 radical (unpaired) electrons. The van der Waals surface area contributed by atoms with E-state index in [0.29, 0.717) is 44.6 Å². The zero-order valence-electron chi connectivity index (χ0n) is 22.5. The second kappa shape index (κ2) is 10.7. The van der Waals surface area contributed by atoms with Gasteiger partial charge in [0.15, 0.2) is 0 Å². The molecule has 0 aromatic carbocycles. The topological polar surface area (TPSA) is 125 Å². The fourth-order valence-electron chi connectivity index (χ4n) is 6.96. The molecule has 2 fully saturated rings. The van der Waals surface area contributed by atoms with Crippen LogP contribution in [0.1, 0.15) is 67.2 Å². The van der Waals surface area contributed by atoms with Crippen LogP contribution in [0.25, 0.3) is 0 Å². The van der Waals surface area contributed by atoms with Gasteiger partial charge in [0.2, 0.25) is 11.8 Å². The normalized spacial score (nSPS) is 22.7. The summed E-state index contributed by atoms with van der Waals surface area (Å²) in [4.78, 5) is 35.2. The SMILES string of the molecule is CC(C)(C)C1(C(C)(C)C)[C@H](COc2cc(OC[C@H]3CCCN(C(=O)O)C3)ncn2)CCCN1C(=O)O. The van der Waals surface area contributed by atoms with Gasteiger partial charge in [-0.2, -0.15) is 0 Å². The lowest BCUT2D eigenvalue weighted by atomic mass is 9.52. The number of piperidine rings is 2. The molecule has 2 saturated heterocycles. The van der Waals surface area contributed by atoms with E-state index in [1.54, 1.807) is 11.0 Å². The number of rotatable bonds is 6. The Kier molecular flexibility index (Phi) is 8.25. The molecule has 3 heterocycles. The highest BCUT2D eigenvalue weighted by Crippen LogP contribution is 2.56. The third-order valence-electron chi connectivity index (χ3n) is 7.77. The summed E-state index contributed by atoms with van der Waals surface area (Å²) in [6.07, 6.45) is 2.95. The Balaban J connectivity index is 1.72. The van der Waals surface area contributed by atoms with Crippen molar-refractivity contribution in [3.63, 3.8) is 0 Å². The minimum absolute atomic E-state index is 0.0362. The van der Waals surface area contributed by atoms with E-state index in [2.05, 4.69) is 51.5 Å². The summed E-state index contributed by atoms with van der Waals surface area (Å²) in [6.45, 7) is 14.9. The second-order valence-electron chi connectivity index (χ2n) is 12.1. The number of amides is 2. The predicted octanol–water partition coefficient (Wildman–Crippen LogP) is 4.85. The van der Waals surface area contributed by atoms with Gasteiger partial charge in [-0.15, -0.1) is 0 Å². The van der Waals surface area contributed by atoms with Gasteiger partial charge in [0.25, 0.3) is 0 Å². The molecule has 10 heteroatoms. The molecule has 36 heavy (non-hydrogen) atoms. The Hall–Kier alpha value is -2.78. The summed E-state index contributed by atoms with van der Waals surface area (Å²) in [6, 6.07) is 1.64. The fraction of sp³-hybridized carbons (Fsp3) is 0.769. The number of hydrogen-bond acceptors (Lipinski definition) is 6. The van der Waals surface area contributed by atoms with Gasteiger partial charge >= 0.3 is 12.2 Å². The van der Waals surface area contributed by atoms with Crippen LogP contribution >= 0.6 is 0 Å². The quantitative estimate of drug-likeness (QED) is 0.561. The van der Waals surface area contributed by atoms with Gasteiger partial charge < -0.3 is 29.5 Å². The van der Waals surface area contributed by atoms with E-state index < -0.39 is 17.7 Å². The highest BCUT2D eigenvalue weighted by atomic mass is 16.5. The molecule has 2 amide bonds. The molecule has 2 aliphatic heterocycles. The summed E-state index contributed by atoms with van der Waals surface area (Å²) < 4.78 is 12.0. The van der Waals surface area contributed by atoms with Crippen LogP contribution in [0.3, 0.4) is 0 Å². The van der Waals surface area contributed by atoms with Crippen LogP contribution in [0.4, 0.5) is 9.59 Å². The first kappa shape index (κ1) is 27.8. The first-order valence-corrected chi connectivity index (χ1v) is 12.8. The van der Waals surface area contributed by atoms with Crippen molar-refractivity contribution >= 4 is 12.2 Å². The third-order valence-corrected chi connectivity index (χ3v) is 7.77. The van der Waals surface area contributed by atoms with Gasteiger partial charge in [-0.1, -0.05) is 41.5 Å². The molecule has 202 valence electrons. The summed E-state index contributed by atoms with van der Waals surface area (Å²) in [5.74, 6) is 0.824. The summed E-state index contributed by atoms with van der Waals surface area (Å²) in [5.41, 5.74) is -1.31. The van der Waals surface area contributed by atoms with Crippen LogP contribution in [0.2, 0.25) is 0 Å². The van der Waals surface area contributed by atoms with Gasteiger partial charge in [-0.05, 0) is 36.5 Å². The first-order chi connectivity index (χ1) is 16.8. The average molecular weight is 507 g/mol. The molecular weight excluding hydrogens is 464 g/mol.